The lowest BCUT2D eigenvalue weighted by Gasteiger charge is -2.09. The highest BCUT2D eigenvalue weighted by molar-refractivity contribution is 7.12. The number of anilines is 1. The van der Waals surface area contributed by atoms with E-state index in [9.17, 15) is 9.59 Å². The summed E-state index contributed by atoms with van der Waals surface area (Å²) in [6.07, 6.45) is 0. The van der Waals surface area contributed by atoms with Crippen molar-refractivity contribution in [3.63, 3.8) is 0 Å². The summed E-state index contributed by atoms with van der Waals surface area (Å²) in [6.45, 7) is 0. The monoisotopic (exact) mass is 307 g/mol. The van der Waals surface area contributed by atoms with Crippen molar-refractivity contribution in [2.75, 3.05) is 5.32 Å². The van der Waals surface area contributed by atoms with Crippen LogP contribution < -0.4 is 5.32 Å². The average Bonchev–Trinajstić information content (AvgIpc) is 3.09. The van der Waals surface area contributed by atoms with Crippen molar-refractivity contribution in [1.29, 1.82) is 0 Å². The van der Waals surface area contributed by atoms with Crippen molar-refractivity contribution in [1.82, 2.24) is 0 Å². The molecule has 0 unspecified atom stereocenters. The zero-order chi connectivity index (χ0) is 15.4. The molecule has 3 rings (SSSR count). The van der Waals surface area contributed by atoms with Crippen LogP contribution in [-0.2, 0) is 0 Å². The molecule has 0 aliphatic rings. The lowest BCUT2D eigenvalue weighted by atomic mass is 10.0. The number of ketones is 1. The van der Waals surface area contributed by atoms with Gasteiger partial charge in [-0.15, -0.1) is 11.3 Å². The summed E-state index contributed by atoms with van der Waals surface area (Å²) >= 11 is 1.37. The van der Waals surface area contributed by atoms with Gasteiger partial charge in [0.25, 0.3) is 5.91 Å². The van der Waals surface area contributed by atoms with Gasteiger partial charge in [0.05, 0.1) is 10.4 Å². The standard InChI is InChI=1S/C18H13NO2S/c20-17(16-11-6-12-22-16)14-9-4-5-10-15(14)18(21)19-13-7-2-1-3-8-13/h1-12H,(H,19,21). The van der Waals surface area contributed by atoms with E-state index in [4.69, 9.17) is 0 Å². The van der Waals surface area contributed by atoms with E-state index in [2.05, 4.69) is 5.32 Å². The Labute approximate surface area is 132 Å². The summed E-state index contributed by atoms with van der Waals surface area (Å²) in [4.78, 5) is 25.6. The maximum Gasteiger partial charge on any atom is 0.256 e. The maximum absolute atomic E-state index is 12.5. The second-order valence-electron chi connectivity index (χ2n) is 4.67. The number of hydrogen-bond acceptors (Lipinski definition) is 3. The van der Waals surface area contributed by atoms with E-state index in [1.54, 1.807) is 30.3 Å². The van der Waals surface area contributed by atoms with Crippen molar-refractivity contribution in [3.05, 3.63) is 88.1 Å². The molecule has 1 amide bonds. The highest BCUT2D eigenvalue weighted by Crippen LogP contribution is 2.19. The summed E-state index contributed by atoms with van der Waals surface area (Å²) in [7, 11) is 0. The number of thiophene rings is 1. The van der Waals surface area contributed by atoms with Crippen LogP contribution in [0.2, 0.25) is 0 Å². The van der Waals surface area contributed by atoms with Crippen LogP contribution in [0.5, 0.6) is 0 Å². The number of rotatable bonds is 4. The maximum atomic E-state index is 12.5. The molecule has 4 heteroatoms. The second kappa shape index (κ2) is 6.37. The van der Waals surface area contributed by atoms with Crippen molar-refractivity contribution in [2.45, 2.75) is 0 Å². The Balaban J connectivity index is 1.91. The molecule has 0 fully saturated rings. The van der Waals surface area contributed by atoms with Crippen molar-refractivity contribution in [3.8, 4) is 0 Å². The van der Waals surface area contributed by atoms with Gasteiger partial charge in [0.1, 0.15) is 0 Å². The minimum atomic E-state index is -0.285. The SMILES string of the molecule is O=C(Nc1ccccc1)c1ccccc1C(=O)c1cccs1. The Bertz CT molecular complexity index is 795. The summed E-state index contributed by atoms with van der Waals surface area (Å²) in [6, 6.07) is 19.6. The van der Waals surface area contributed by atoms with Crippen LogP contribution in [0.15, 0.2) is 72.1 Å². The zero-order valence-corrected chi connectivity index (χ0v) is 12.5. The van der Waals surface area contributed by atoms with Crippen LogP contribution in [0.4, 0.5) is 5.69 Å². The van der Waals surface area contributed by atoms with Gasteiger partial charge >= 0.3 is 0 Å². The predicted molar refractivity (Wildman–Crippen MR) is 88.6 cm³/mol. The molecule has 0 saturated heterocycles. The number of nitrogens with one attached hydrogen (secondary N) is 1. The van der Waals surface area contributed by atoms with Gasteiger partial charge in [0.2, 0.25) is 5.78 Å². The first-order valence-corrected chi connectivity index (χ1v) is 7.67. The Hall–Kier alpha value is -2.72. The number of benzene rings is 2. The fourth-order valence-corrected chi connectivity index (χ4v) is 2.82. The minimum absolute atomic E-state index is 0.131. The van der Waals surface area contributed by atoms with E-state index in [0.29, 0.717) is 21.7 Å². The molecule has 0 atom stereocenters. The molecule has 0 saturated carbocycles. The predicted octanol–water partition coefficient (Wildman–Crippen LogP) is 4.23. The summed E-state index contributed by atoms with van der Waals surface area (Å²) in [5.74, 6) is -0.416. The minimum Gasteiger partial charge on any atom is -0.322 e. The van der Waals surface area contributed by atoms with Gasteiger partial charge in [0.15, 0.2) is 0 Å². The van der Waals surface area contributed by atoms with Crippen molar-refractivity contribution < 1.29 is 9.59 Å². The van der Waals surface area contributed by atoms with E-state index < -0.39 is 0 Å². The molecule has 0 aliphatic carbocycles. The van der Waals surface area contributed by atoms with Crippen LogP contribution in [0.3, 0.4) is 0 Å². The molecule has 0 radical (unpaired) electrons. The highest BCUT2D eigenvalue weighted by atomic mass is 32.1. The van der Waals surface area contributed by atoms with Crippen LogP contribution in [0, 0.1) is 0 Å². The quantitative estimate of drug-likeness (QED) is 0.733. The Morgan fingerprint density at radius 2 is 1.45 bits per heavy atom. The molecular formula is C18H13NO2S. The Morgan fingerprint density at radius 1 is 0.773 bits per heavy atom. The first-order chi connectivity index (χ1) is 10.8. The van der Waals surface area contributed by atoms with E-state index in [1.807, 2.05) is 41.8 Å². The molecule has 22 heavy (non-hydrogen) atoms. The Kier molecular flexibility index (Phi) is 4.12. The number of para-hydroxylation sites is 1. The fourth-order valence-electron chi connectivity index (χ4n) is 2.14. The number of carbonyl (C=O) groups excluding carboxylic acids is 2. The third kappa shape index (κ3) is 2.97. The van der Waals surface area contributed by atoms with Gasteiger partial charge in [0, 0.05) is 11.3 Å². The van der Waals surface area contributed by atoms with E-state index >= 15 is 0 Å². The molecule has 0 spiro atoms. The number of carbonyl (C=O) groups is 2. The molecule has 3 nitrogen and oxygen atoms in total. The third-order valence-electron chi connectivity index (χ3n) is 3.19. The highest BCUT2D eigenvalue weighted by Gasteiger charge is 2.18. The van der Waals surface area contributed by atoms with E-state index in [-0.39, 0.29) is 11.7 Å². The molecule has 0 bridgehead atoms. The number of amides is 1. The molecule has 1 heterocycles. The van der Waals surface area contributed by atoms with Crippen molar-refractivity contribution >= 4 is 28.7 Å². The fraction of sp³-hybridized carbons (Fsp3) is 0. The molecule has 1 N–H and O–H groups in total. The summed E-state index contributed by atoms with van der Waals surface area (Å²) < 4.78 is 0. The normalized spacial score (nSPS) is 10.2. The molecule has 1 aromatic heterocycles. The van der Waals surface area contributed by atoms with E-state index in [1.165, 1.54) is 11.3 Å². The van der Waals surface area contributed by atoms with Crippen LogP contribution in [-0.4, -0.2) is 11.7 Å². The smallest absolute Gasteiger partial charge is 0.256 e. The van der Waals surface area contributed by atoms with E-state index in [0.717, 1.165) is 0 Å². The molecule has 2 aromatic carbocycles. The average molecular weight is 307 g/mol. The number of hydrogen-bond donors (Lipinski definition) is 1. The van der Waals surface area contributed by atoms with Gasteiger partial charge in [-0.1, -0.05) is 42.5 Å². The second-order valence-corrected chi connectivity index (χ2v) is 5.62. The largest absolute Gasteiger partial charge is 0.322 e. The van der Waals surface area contributed by atoms with Gasteiger partial charge < -0.3 is 5.32 Å². The Morgan fingerprint density at radius 3 is 2.14 bits per heavy atom. The lowest BCUT2D eigenvalue weighted by molar-refractivity contribution is 0.0998. The molecule has 3 aromatic rings. The molecule has 108 valence electrons. The van der Waals surface area contributed by atoms with Crippen LogP contribution in [0.25, 0.3) is 0 Å². The van der Waals surface area contributed by atoms with Gasteiger partial charge in [-0.25, -0.2) is 0 Å². The zero-order valence-electron chi connectivity index (χ0n) is 11.7. The first kappa shape index (κ1) is 14.2. The van der Waals surface area contributed by atoms with Crippen LogP contribution in [0.1, 0.15) is 25.6 Å². The first-order valence-electron chi connectivity index (χ1n) is 6.79. The summed E-state index contributed by atoms with van der Waals surface area (Å²) in [5.41, 5.74) is 1.49. The third-order valence-corrected chi connectivity index (χ3v) is 4.06. The van der Waals surface area contributed by atoms with Gasteiger partial charge in [-0.2, -0.15) is 0 Å². The van der Waals surface area contributed by atoms with Crippen molar-refractivity contribution in [2.24, 2.45) is 0 Å². The van der Waals surface area contributed by atoms with Crippen LogP contribution >= 0.6 is 11.3 Å². The molecular weight excluding hydrogens is 294 g/mol. The van der Waals surface area contributed by atoms with Gasteiger partial charge in [-0.05, 0) is 29.6 Å². The van der Waals surface area contributed by atoms with Gasteiger partial charge in [-0.3, -0.25) is 9.59 Å². The lowest BCUT2D eigenvalue weighted by Crippen LogP contribution is -2.16. The molecule has 0 aliphatic heterocycles. The topological polar surface area (TPSA) is 46.2 Å². The summed E-state index contributed by atoms with van der Waals surface area (Å²) in [5, 5.41) is 4.66.